The summed E-state index contributed by atoms with van der Waals surface area (Å²) < 4.78 is 1.64. The monoisotopic (exact) mass is 409 g/mol. The van der Waals surface area contributed by atoms with E-state index in [9.17, 15) is 9.90 Å². The molecule has 5 heteroatoms. The van der Waals surface area contributed by atoms with Crippen LogP contribution < -0.4 is 0 Å². The smallest absolute Gasteiger partial charge is 0.162 e. The molecule has 4 aliphatic rings. The molecule has 4 saturated carbocycles. The Balaban J connectivity index is 1.30. The molecular weight excluding hydrogens is 374 g/mol. The first kappa shape index (κ1) is 20.2. The van der Waals surface area contributed by atoms with Gasteiger partial charge in [-0.1, -0.05) is 6.92 Å². The van der Waals surface area contributed by atoms with Crippen LogP contribution in [0.25, 0.3) is 0 Å². The zero-order valence-corrected chi connectivity index (χ0v) is 18.4. The molecule has 162 valence electrons. The zero-order chi connectivity index (χ0) is 21.1. The van der Waals surface area contributed by atoms with Crippen molar-refractivity contribution in [3.63, 3.8) is 0 Å². The number of nitriles is 1. The van der Waals surface area contributed by atoms with Crippen LogP contribution in [0.1, 0.15) is 77.3 Å². The van der Waals surface area contributed by atoms with Gasteiger partial charge in [-0.05, 0) is 106 Å². The molecule has 1 unspecified atom stereocenters. The number of nitrogens with zero attached hydrogens (tertiary/aromatic N) is 3. The number of ketones is 1. The number of carbonyl (C=O) groups is 1. The highest BCUT2D eigenvalue weighted by atomic mass is 16.3. The second-order valence-corrected chi connectivity index (χ2v) is 11.3. The number of hydrogen-bond acceptors (Lipinski definition) is 4. The van der Waals surface area contributed by atoms with Gasteiger partial charge >= 0.3 is 0 Å². The van der Waals surface area contributed by atoms with E-state index in [2.05, 4.69) is 12.0 Å². The van der Waals surface area contributed by atoms with Gasteiger partial charge in [0.25, 0.3) is 0 Å². The first-order chi connectivity index (χ1) is 14.3. The van der Waals surface area contributed by atoms with Crippen LogP contribution in [-0.2, 0) is 11.3 Å². The van der Waals surface area contributed by atoms with Crippen molar-refractivity contribution in [2.24, 2.45) is 40.9 Å². The van der Waals surface area contributed by atoms with Crippen molar-refractivity contribution < 1.29 is 9.90 Å². The summed E-state index contributed by atoms with van der Waals surface area (Å²) in [5, 5.41) is 23.8. The fourth-order valence-electron chi connectivity index (χ4n) is 8.39. The van der Waals surface area contributed by atoms with Crippen molar-refractivity contribution in [3.05, 3.63) is 18.0 Å². The maximum Gasteiger partial charge on any atom is 0.162 e. The molecule has 4 aliphatic carbocycles. The van der Waals surface area contributed by atoms with E-state index in [1.807, 2.05) is 13.0 Å². The lowest BCUT2D eigenvalue weighted by atomic mass is 9.49. The average molecular weight is 410 g/mol. The van der Waals surface area contributed by atoms with E-state index in [1.54, 1.807) is 16.9 Å². The van der Waals surface area contributed by atoms with Crippen LogP contribution >= 0.6 is 0 Å². The van der Waals surface area contributed by atoms with E-state index in [0.717, 1.165) is 43.4 Å². The second-order valence-electron chi connectivity index (χ2n) is 11.3. The molecule has 1 aromatic heterocycles. The zero-order valence-electron chi connectivity index (χ0n) is 18.4. The molecule has 0 amide bonds. The third-order valence-electron chi connectivity index (χ3n) is 9.70. The molecule has 8 atom stereocenters. The molecule has 5 rings (SSSR count). The molecular formula is C25H35N3O2. The number of aliphatic hydroxyl groups is 1. The summed E-state index contributed by atoms with van der Waals surface area (Å²) in [7, 11) is 0. The maximum absolute atomic E-state index is 13.3. The summed E-state index contributed by atoms with van der Waals surface area (Å²) in [6.07, 6.45) is 12.0. The van der Waals surface area contributed by atoms with Crippen molar-refractivity contribution in [2.45, 2.75) is 83.8 Å². The Morgan fingerprint density at radius 1 is 1.17 bits per heavy atom. The summed E-state index contributed by atoms with van der Waals surface area (Å²) in [5.41, 5.74) is 0.0400. The number of aromatic nitrogens is 2. The van der Waals surface area contributed by atoms with Gasteiger partial charge < -0.3 is 5.11 Å². The Labute approximate surface area is 179 Å². The predicted octanol–water partition coefficient (Wildman–Crippen LogP) is 4.34. The Morgan fingerprint density at radius 3 is 2.73 bits per heavy atom. The molecule has 5 nitrogen and oxygen atoms in total. The van der Waals surface area contributed by atoms with Gasteiger partial charge in [0.2, 0.25) is 0 Å². The number of fused-ring (bicyclic) bond motifs is 5. The highest BCUT2D eigenvalue weighted by Gasteiger charge is 2.58. The average Bonchev–Trinajstić information content (AvgIpc) is 3.30. The van der Waals surface area contributed by atoms with Crippen LogP contribution in [0, 0.1) is 52.3 Å². The molecule has 0 aromatic carbocycles. The van der Waals surface area contributed by atoms with E-state index in [1.165, 1.54) is 32.1 Å². The van der Waals surface area contributed by atoms with Gasteiger partial charge in [-0.3, -0.25) is 9.48 Å². The van der Waals surface area contributed by atoms with Crippen LogP contribution in [0.5, 0.6) is 0 Å². The van der Waals surface area contributed by atoms with E-state index < -0.39 is 5.60 Å². The van der Waals surface area contributed by atoms with E-state index in [0.29, 0.717) is 29.9 Å². The molecule has 4 fully saturated rings. The van der Waals surface area contributed by atoms with Crippen molar-refractivity contribution in [3.8, 4) is 6.07 Å². The first-order valence-electron chi connectivity index (χ1n) is 12.0. The van der Waals surface area contributed by atoms with Gasteiger partial charge in [0, 0.05) is 12.1 Å². The fourth-order valence-corrected chi connectivity index (χ4v) is 8.39. The van der Waals surface area contributed by atoms with E-state index in [4.69, 9.17) is 5.26 Å². The third kappa shape index (κ3) is 3.23. The van der Waals surface area contributed by atoms with Gasteiger partial charge in [0.1, 0.15) is 6.07 Å². The fraction of sp³-hybridized carbons (Fsp3) is 0.800. The van der Waals surface area contributed by atoms with Gasteiger partial charge in [-0.15, -0.1) is 0 Å². The largest absolute Gasteiger partial charge is 0.390 e. The highest BCUT2D eigenvalue weighted by molar-refractivity contribution is 5.82. The Kier molecular flexibility index (Phi) is 4.85. The van der Waals surface area contributed by atoms with Crippen molar-refractivity contribution in [2.75, 3.05) is 0 Å². The van der Waals surface area contributed by atoms with E-state index in [-0.39, 0.29) is 11.3 Å². The van der Waals surface area contributed by atoms with Crippen molar-refractivity contribution in [1.29, 1.82) is 5.26 Å². The number of hydrogen-bond donors (Lipinski definition) is 1. The molecule has 0 spiro atoms. The van der Waals surface area contributed by atoms with Crippen molar-refractivity contribution >= 4 is 5.78 Å². The van der Waals surface area contributed by atoms with Gasteiger partial charge in [-0.2, -0.15) is 10.4 Å². The topological polar surface area (TPSA) is 78.9 Å². The lowest BCUT2D eigenvalue weighted by Crippen LogP contribution is -2.51. The van der Waals surface area contributed by atoms with Gasteiger partial charge in [0.15, 0.2) is 11.5 Å². The number of carbonyl (C=O) groups excluding carboxylic acids is 1. The third-order valence-corrected chi connectivity index (χ3v) is 9.70. The van der Waals surface area contributed by atoms with Crippen LogP contribution in [0.15, 0.2) is 12.3 Å². The first-order valence-corrected chi connectivity index (χ1v) is 12.0. The molecule has 0 saturated heterocycles. The SMILES string of the molecule is CC12CC[C@H]3[C@@H](CC[C@@H]4C[C@](C)(O)CC[C@@H]43)[C@@H]1CC[C@@H]2C(=O)Cn1ccc(C#N)n1. The minimum Gasteiger partial charge on any atom is -0.390 e. The van der Waals surface area contributed by atoms with Gasteiger partial charge in [-0.25, -0.2) is 0 Å². The minimum atomic E-state index is -0.458. The van der Waals surface area contributed by atoms with Crippen LogP contribution in [-0.4, -0.2) is 26.3 Å². The number of Topliss-reactive ketones (excluding diaryl/α,β-unsaturated/α-hetero) is 1. The van der Waals surface area contributed by atoms with Crippen LogP contribution in [0.2, 0.25) is 0 Å². The quantitative estimate of drug-likeness (QED) is 0.805. The lowest BCUT2D eigenvalue weighted by molar-refractivity contribution is -0.133. The molecule has 1 aromatic rings. The maximum atomic E-state index is 13.3. The molecule has 1 N–H and O–H groups in total. The van der Waals surface area contributed by atoms with E-state index >= 15 is 0 Å². The summed E-state index contributed by atoms with van der Waals surface area (Å²) in [5.74, 6) is 4.15. The lowest BCUT2D eigenvalue weighted by Gasteiger charge is -2.56. The normalized spacial score (nSPS) is 45.1. The summed E-state index contributed by atoms with van der Waals surface area (Å²) in [4.78, 5) is 13.3. The Morgan fingerprint density at radius 2 is 1.97 bits per heavy atom. The summed E-state index contributed by atoms with van der Waals surface area (Å²) in [6.45, 7) is 4.72. The highest BCUT2D eigenvalue weighted by Crippen LogP contribution is 2.64. The Hall–Kier alpha value is -1.67. The minimum absolute atomic E-state index is 0.121. The molecule has 0 bridgehead atoms. The second kappa shape index (κ2) is 7.19. The number of rotatable bonds is 3. The van der Waals surface area contributed by atoms with Crippen molar-refractivity contribution in [1.82, 2.24) is 9.78 Å². The predicted molar refractivity (Wildman–Crippen MR) is 113 cm³/mol. The summed E-state index contributed by atoms with van der Waals surface area (Å²) in [6, 6.07) is 3.72. The molecule has 30 heavy (non-hydrogen) atoms. The molecule has 0 aliphatic heterocycles. The van der Waals surface area contributed by atoms with Crippen LogP contribution in [0.3, 0.4) is 0 Å². The molecule has 1 heterocycles. The van der Waals surface area contributed by atoms with Gasteiger partial charge in [0.05, 0.1) is 12.1 Å². The molecule has 0 radical (unpaired) electrons. The Bertz CT molecular complexity index is 868. The summed E-state index contributed by atoms with van der Waals surface area (Å²) >= 11 is 0. The van der Waals surface area contributed by atoms with Crippen LogP contribution in [0.4, 0.5) is 0 Å². The standard InChI is InChI=1S/C25H35N3O2/c1-24(30)10-7-18-16(13-24)3-4-20-19(18)8-11-25(2)21(20)5-6-22(25)23(29)15-28-12-9-17(14-26)27-28/h9,12,16,18-22,30H,3-8,10-11,13,15H2,1-2H3/t16-,18+,19-,20-,21+,22-,24-,25?/m1/s1.